The van der Waals surface area contributed by atoms with Crippen molar-refractivity contribution in [3.8, 4) is 11.5 Å². The number of rotatable bonds is 2. The summed E-state index contributed by atoms with van der Waals surface area (Å²) in [6.07, 6.45) is 6.18. The van der Waals surface area contributed by atoms with Crippen molar-refractivity contribution in [2.45, 2.75) is 70.6 Å². The topological polar surface area (TPSA) is 32.7 Å². The first-order valence-corrected chi connectivity index (χ1v) is 8.28. The summed E-state index contributed by atoms with van der Waals surface area (Å²) in [5.74, 6) is 1.15. The Morgan fingerprint density at radius 1 is 1.33 bits per heavy atom. The molecule has 1 N–H and O–H groups in total. The second-order valence-electron chi connectivity index (χ2n) is 7.10. The highest BCUT2D eigenvalue weighted by Crippen LogP contribution is 2.45. The van der Waals surface area contributed by atoms with E-state index in [0.29, 0.717) is 12.1 Å². The molecule has 0 amide bonds. The normalized spacial score (nSPS) is 28.7. The fourth-order valence-corrected chi connectivity index (χ4v) is 3.97. The SMILES string of the molecule is CCC1CCCCN1C1CC(C)(C)Oc2cc(O)ccc21. The number of phenols is 1. The predicted molar refractivity (Wildman–Crippen MR) is 84.8 cm³/mol. The lowest BCUT2D eigenvalue weighted by Crippen LogP contribution is -2.47. The maximum absolute atomic E-state index is 9.76. The molecule has 0 spiro atoms. The van der Waals surface area contributed by atoms with Crippen LogP contribution in [0.4, 0.5) is 0 Å². The van der Waals surface area contributed by atoms with E-state index in [0.717, 1.165) is 12.2 Å². The molecule has 21 heavy (non-hydrogen) atoms. The standard InChI is InChI=1S/C18H27NO2/c1-4-13-7-5-6-10-19(13)16-12-18(2,3)21-17-11-14(20)8-9-15(16)17/h8-9,11,13,16,20H,4-7,10,12H2,1-3H3. The molecule has 3 heteroatoms. The third-order valence-corrected chi connectivity index (χ3v) is 4.97. The molecule has 2 aliphatic rings. The van der Waals surface area contributed by atoms with Gasteiger partial charge in [-0.2, -0.15) is 0 Å². The molecular formula is C18H27NO2. The lowest BCUT2D eigenvalue weighted by molar-refractivity contribution is 0.00237. The van der Waals surface area contributed by atoms with E-state index in [4.69, 9.17) is 4.74 Å². The van der Waals surface area contributed by atoms with Crippen LogP contribution in [-0.2, 0) is 0 Å². The van der Waals surface area contributed by atoms with Crippen molar-refractivity contribution in [3.05, 3.63) is 23.8 Å². The summed E-state index contributed by atoms with van der Waals surface area (Å²) in [4.78, 5) is 2.68. The van der Waals surface area contributed by atoms with Gasteiger partial charge in [-0.1, -0.05) is 19.4 Å². The zero-order valence-corrected chi connectivity index (χ0v) is 13.4. The van der Waals surface area contributed by atoms with Gasteiger partial charge in [0.15, 0.2) is 0 Å². The van der Waals surface area contributed by atoms with Crippen molar-refractivity contribution in [1.82, 2.24) is 4.90 Å². The highest BCUT2D eigenvalue weighted by molar-refractivity contribution is 5.44. The number of ether oxygens (including phenoxy) is 1. The van der Waals surface area contributed by atoms with Crippen LogP contribution in [0.15, 0.2) is 18.2 Å². The number of nitrogens with zero attached hydrogens (tertiary/aromatic N) is 1. The van der Waals surface area contributed by atoms with Gasteiger partial charge in [-0.3, -0.25) is 4.90 Å². The average Bonchev–Trinajstić information content (AvgIpc) is 2.45. The summed E-state index contributed by atoms with van der Waals surface area (Å²) in [5, 5.41) is 9.76. The van der Waals surface area contributed by atoms with Crippen LogP contribution < -0.4 is 4.74 Å². The number of fused-ring (bicyclic) bond motifs is 1. The van der Waals surface area contributed by atoms with Crippen molar-refractivity contribution >= 4 is 0 Å². The number of benzene rings is 1. The summed E-state index contributed by atoms with van der Waals surface area (Å²) in [6, 6.07) is 6.70. The molecule has 1 saturated heterocycles. The van der Waals surface area contributed by atoms with Crippen molar-refractivity contribution in [1.29, 1.82) is 0 Å². The van der Waals surface area contributed by atoms with Crippen LogP contribution in [0.25, 0.3) is 0 Å². The third-order valence-electron chi connectivity index (χ3n) is 4.97. The fraction of sp³-hybridized carbons (Fsp3) is 0.667. The zero-order valence-electron chi connectivity index (χ0n) is 13.4. The number of hydrogen-bond donors (Lipinski definition) is 1. The second kappa shape index (κ2) is 5.53. The van der Waals surface area contributed by atoms with Gasteiger partial charge < -0.3 is 9.84 Å². The van der Waals surface area contributed by atoms with Crippen molar-refractivity contribution in [2.24, 2.45) is 0 Å². The molecular weight excluding hydrogens is 262 g/mol. The summed E-state index contributed by atoms with van der Waals surface area (Å²) < 4.78 is 6.10. The van der Waals surface area contributed by atoms with E-state index in [1.165, 1.54) is 37.8 Å². The van der Waals surface area contributed by atoms with Crippen molar-refractivity contribution in [3.63, 3.8) is 0 Å². The van der Waals surface area contributed by atoms with Gasteiger partial charge in [0.1, 0.15) is 17.1 Å². The smallest absolute Gasteiger partial charge is 0.128 e. The van der Waals surface area contributed by atoms with Crippen molar-refractivity contribution < 1.29 is 9.84 Å². The lowest BCUT2D eigenvalue weighted by atomic mass is 9.85. The first kappa shape index (κ1) is 14.7. The lowest BCUT2D eigenvalue weighted by Gasteiger charge is -2.47. The Kier molecular flexibility index (Phi) is 3.87. The van der Waals surface area contributed by atoms with E-state index in [-0.39, 0.29) is 11.4 Å². The number of aromatic hydroxyl groups is 1. The largest absolute Gasteiger partial charge is 0.508 e. The van der Waals surface area contributed by atoms with E-state index in [9.17, 15) is 5.11 Å². The Labute approximate surface area is 127 Å². The van der Waals surface area contributed by atoms with Crippen LogP contribution in [0.3, 0.4) is 0 Å². The molecule has 2 aliphatic heterocycles. The predicted octanol–water partition coefficient (Wildman–Crippen LogP) is 4.26. The van der Waals surface area contributed by atoms with Gasteiger partial charge in [-0.15, -0.1) is 0 Å². The van der Waals surface area contributed by atoms with Crippen LogP contribution >= 0.6 is 0 Å². The average molecular weight is 289 g/mol. The molecule has 1 fully saturated rings. The first-order valence-electron chi connectivity index (χ1n) is 8.28. The summed E-state index contributed by atoms with van der Waals surface area (Å²) >= 11 is 0. The van der Waals surface area contributed by atoms with Crippen molar-refractivity contribution in [2.75, 3.05) is 6.54 Å². The number of phenolic OH excluding ortho intramolecular Hbond substituents is 1. The summed E-state index contributed by atoms with van der Waals surface area (Å²) in [6.45, 7) is 7.78. The minimum Gasteiger partial charge on any atom is -0.508 e. The van der Waals surface area contributed by atoms with Gasteiger partial charge in [0.25, 0.3) is 0 Å². The molecule has 3 nitrogen and oxygen atoms in total. The zero-order chi connectivity index (χ0) is 15.0. The third kappa shape index (κ3) is 2.89. The van der Waals surface area contributed by atoms with Gasteiger partial charge in [-0.05, 0) is 45.7 Å². The molecule has 0 aromatic heterocycles. The second-order valence-corrected chi connectivity index (χ2v) is 7.10. The molecule has 1 aromatic carbocycles. The molecule has 0 bridgehead atoms. The first-order chi connectivity index (χ1) is 10.00. The van der Waals surface area contributed by atoms with Gasteiger partial charge in [0.2, 0.25) is 0 Å². The Morgan fingerprint density at radius 2 is 2.14 bits per heavy atom. The van der Waals surface area contributed by atoms with Gasteiger partial charge >= 0.3 is 0 Å². The summed E-state index contributed by atoms with van der Waals surface area (Å²) in [5.41, 5.74) is 1.06. The molecule has 1 aromatic rings. The molecule has 2 unspecified atom stereocenters. The van der Waals surface area contributed by atoms with Crippen LogP contribution in [0.5, 0.6) is 11.5 Å². The molecule has 2 atom stereocenters. The molecule has 3 rings (SSSR count). The van der Waals surface area contributed by atoms with Crippen LogP contribution in [0.1, 0.15) is 64.5 Å². The highest BCUT2D eigenvalue weighted by atomic mass is 16.5. The van der Waals surface area contributed by atoms with E-state index in [1.807, 2.05) is 6.07 Å². The minimum absolute atomic E-state index is 0.179. The Balaban J connectivity index is 1.97. The van der Waals surface area contributed by atoms with E-state index >= 15 is 0 Å². The Bertz CT molecular complexity index is 512. The van der Waals surface area contributed by atoms with Gasteiger partial charge in [0, 0.05) is 30.1 Å². The minimum atomic E-state index is -0.179. The molecule has 116 valence electrons. The molecule has 0 radical (unpaired) electrons. The molecule has 0 aliphatic carbocycles. The number of likely N-dealkylation sites (tertiary alicyclic amines) is 1. The maximum atomic E-state index is 9.76. The summed E-state index contributed by atoms with van der Waals surface area (Å²) in [7, 11) is 0. The Hall–Kier alpha value is -1.22. The quantitative estimate of drug-likeness (QED) is 0.883. The van der Waals surface area contributed by atoms with E-state index in [1.54, 1.807) is 12.1 Å². The van der Waals surface area contributed by atoms with E-state index in [2.05, 4.69) is 25.7 Å². The fourth-order valence-electron chi connectivity index (χ4n) is 3.97. The highest BCUT2D eigenvalue weighted by Gasteiger charge is 2.39. The van der Waals surface area contributed by atoms with Crippen LogP contribution in [0, 0.1) is 0 Å². The Morgan fingerprint density at radius 3 is 2.90 bits per heavy atom. The number of piperidine rings is 1. The molecule has 2 heterocycles. The van der Waals surface area contributed by atoms with Gasteiger partial charge in [0.05, 0.1) is 0 Å². The monoisotopic (exact) mass is 289 g/mol. The molecule has 0 saturated carbocycles. The maximum Gasteiger partial charge on any atom is 0.128 e. The van der Waals surface area contributed by atoms with Crippen LogP contribution in [-0.4, -0.2) is 28.2 Å². The van der Waals surface area contributed by atoms with Crippen LogP contribution in [0.2, 0.25) is 0 Å². The van der Waals surface area contributed by atoms with E-state index < -0.39 is 0 Å². The van der Waals surface area contributed by atoms with Gasteiger partial charge in [-0.25, -0.2) is 0 Å². The number of hydrogen-bond acceptors (Lipinski definition) is 3.